The number of carbonyl (C=O) groups excluding carboxylic acids is 1. The van der Waals surface area contributed by atoms with Crippen LogP contribution in [0.25, 0.3) is 0 Å². The van der Waals surface area contributed by atoms with Gasteiger partial charge in [0.2, 0.25) is 5.91 Å². The summed E-state index contributed by atoms with van der Waals surface area (Å²) in [5, 5.41) is 0. The van der Waals surface area contributed by atoms with Crippen LogP contribution in [-0.4, -0.2) is 37.0 Å². The molecule has 3 nitrogen and oxygen atoms in total. The minimum absolute atomic E-state index is 0.0330. The van der Waals surface area contributed by atoms with Gasteiger partial charge < -0.3 is 9.80 Å². The van der Waals surface area contributed by atoms with Crippen molar-refractivity contribution >= 4 is 11.6 Å². The second-order valence-corrected chi connectivity index (χ2v) is 4.26. The van der Waals surface area contributed by atoms with Crippen LogP contribution in [0.15, 0.2) is 36.4 Å². The van der Waals surface area contributed by atoms with Gasteiger partial charge >= 0.3 is 0 Å². The van der Waals surface area contributed by atoms with Gasteiger partial charge in [0.1, 0.15) is 5.82 Å². The summed E-state index contributed by atoms with van der Waals surface area (Å²) in [6.45, 7) is 4.44. The third-order valence-corrected chi connectivity index (χ3v) is 3.09. The first kappa shape index (κ1) is 12.6. The van der Waals surface area contributed by atoms with E-state index >= 15 is 0 Å². The molecule has 4 heteroatoms. The highest BCUT2D eigenvalue weighted by molar-refractivity contribution is 5.87. The molecule has 0 spiro atoms. The highest BCUT2D eigenvalue weighted by atomic mass is 19.1. The van der Waals surface area contributed by atoms with Crippen molar-refractivity contribution in [2.24, 2.45) is 0 Å². The Kier molecular flexibility index (Phi) is 3.97. The minimum Gasteiger partial charge on any atom is -0.366 e. The normalized spacial score (nSPS) is 16.3. The Morgan fingerprint density at radius 2 is 1.89 bits per heavy atom. The van der Waals surface area contributed by atoms with Crippen molar-refractivity contribution in [3.05, 3.63) is 42.2 Å². The van der Waals surface area contributed by atoms with Crippen LogP contribution in [0.5, 0.6) is 0 Å². The van der Waals surface area contributed by atoms with Gasteiger partial charge in [0, 0.05) is 26.2 Å². The highest BCUT2D eigenvalue weighted by Gasteiger charge is 2.21. The van der Waals surface area contributed by atoms with E-state index < -0.39 is 0 Å². The average Bonchev–Trinajstić information content (AvgIpc) is 2.40. The average molecular weight is 248 g/mol. The fraction of sp³-hybridized carbons (Fsp3) is 0.357. The molecule has 1 amide bonds. The maximum Gasteiger partial charge on any atom is 0.246 e. The Bertz CT molecular complexity index is 451. The number of amides is 1. The highest BCUT2D eigenvalue weighted by Crippen LogP contribution is 2.20. The lowest BCUT2D eigenvalue weighted by molar-refractivity contribution is -0.126. The van der Waals surface area contributed by atoms with Gasteiger partial charge in [-0.15, -0.1) is 0 Å². The Labute approximate surface area is 107 Å². The predicted octanol–water partition coefficient (Wildman–Crippen LogP) is 2.05. The largest absolute Gasteiger partial charge is 0.366 e. The number of anilines is 1. The maximum atomic E-state index is 13.6. The standard InChI is InChI=1S/C14H17FN2O/c1-2-5-14(18)17-10-8-16(9-11-17)13-7-4-3-6-12(13)15/h2-7H,8-11H2,1H3. The van der Waals surface area contributed by atoms with E-state index in [1.807, 2.05) is 17.9 Å². The van der Waals surface area contributed by atoms with Gasteiger partial charge in [-0.3, -0.25) is 4.79 Å². The number of rotatable bonds is 2. The Hall–Kier alpha value is -1.84. The lowest BCUT2D eigenvalue weighted by atomic mass is 10.2. The molecule has 2 rings (SSSR count). The summed E-state index contributed by atoms with van der Waals surface area (Å²) in [5.41, 5.74) is 0.621. The topological polar surface area (TPSA) is 23.6 Å². The van der Waals surface area contributed by atoms with Crippen molar-refractivity contribution in [1.82, 2.24) is 4.90 Å². The second-order valence-electron chi connectivity index (χ2n) is 4.26. The van der Waals surface area contributed by atoms with Crippen molar-refractivity contribution in [1.29, 1.82) is 0 Å². The first-order chi connectivity index (χ1) is 8.72. The van der Waals surface area contributed by atoms with Crippen LogP contribution in [0.1, 0.15) is 6.92 Å². The molecule has 0 saturated carbocycles. The molecule has 96 valence electrons. The molecule has 1 fully saturated rings. The number of hydrogen-bond acceptors (Lipinski definition) is 2. The second kappa shape index (κ2) is 5.67. The molecule has 0 unspecified atom stereocenters. The molecule has 1 heterocycles. The van der Waals surface area contributed by atoms with Crippen LogP contribution in [0, 0.1) is 5.82 Å². The summed E-state index contributed by atoms with van der Waals surface area (Å²) in [7, 11) is 0. The summed E-state index contributed by atoms with van der Waals surface area (Å²) in [4.78, 5) is 15.4. The summed E-state index contributed by atoms with van der Waals surface area (Å²) < 4.78 is 13.6. The molecule has 0 atom stereocenters. The predicted molar refractivity (Wildman–Crippen MR) is 70.0 cm³/mol. The van der Waals surface area contributed by atoms with E-state index in [9.17, 15) is 9.18 Å². The molecule has 18 heavy (non-hydrogen) atoms. The first-order valence-electron chi connectivity index (χ1n) is 6.13. The van der Waals surface area contributed by atoms with Crippen molar-refractivity contribution in [2.45, 2.75) is 6.92 Å². The van der Waals surface area contributed by atoms with Gasteiger partial charge in [-0.05, 0) is 25.1 Å². The zero-order chi connectivity index (χ0) is 13.0. The smallest absolute Gasteiger partial charge is 0.246 e. The van der Waals surface area contributed by atoms with Gasteiger partial charge in [-0.1, -0.05) is 18.2 Å². The van der Waals surface area contributed by atoms with Crippen LogP contribution in [0.3, 0.4) is 0 Å². The molecule has 1 aliphatic heterocycles. The van der Waals surface area contributed by atoms with E-state index in [4.69, 9.17) is 0 Å². The lowest BCUT2D eigenvalue weighted by Crippen LogP contribution is -2.48. The zero-order valence-electron chi connectivity index (χ0n) is 10.5. The number of halogens is 1. The number of allylic oxidation sites excluding steroid dienone is 1. The zero-order valence-corrected chi connectivity index (χ0v) is 10.5. The van der Waals surface area contributed by atoms with E-state index in [0.717, 1.165) is 0 Å². The van der Waals surface area contributed by atoms with Crippen LogP contribution in [0.2, 0.25) is 0 Å². The van der Waals surface area contributed by atoms with Gasteiger partial charge in [-0.25, -0.2) is 4.39 Å². The van der Waals surface area contributed by atoms with Crippen LogP contribution >= 0.6 is 0 Å². The number of hydrogen-bond donors (Lipinski definition) is 0. The minimum atomic E-state index is -0.203. The fourth-order valence-corrected chi connectivity index (χ4v) is 2.12. The van der Waals surface area contributed by atoms with Crippen LogP contribution < -0.4 is 4.90 Å². The third kappa shape index (κ3) is 2.70. The SMILES string of the molecule is CC=CC(=O)N1CCN(c2ccccc2F)CC1. The van der Waals surface area contributed by atoms with Gasteiger partial charge in [-0.2, -0.15) is 0 Å². The van der Waals surface area contributed by atoms with Gasteiger partial charge in [0.25, 0.3) is 0 Å². The first-order valence-corrected chi connectivity index (χ1v) is 6.13. The Morgan fingerprint density at radius 1 is 1.22 bits per heavy atom. The molecule has 1 aliphatic rings. The van der Waals surface area contributed by atoms with Crippen molar-refractivity contribution in [2.75, 3.05) is 31.1 Å². The van der Waals surface area contributed by atoms with E-state index in [1.165, 1.54) is 6.07 Å². The Morgan fingerprint density at radius 3 is 2.50 bits per heavy atom. The summed E-state index contributed by atoms with van der Waals surface area (Å²) >= 11 is 0. The molecule has 1 aromatic rings. The molecular weight excluding hydrogens is 231 g/mol. The number of para-hydroxylation sites is 1. The molecular formula is C14H17FN2O. The third-order valence-electron chi connectivity index (χ3n) is 3.09. The number of piperazine rings is 1. The van der Waals surface area contributed by atoms with Gasteiger partial charge in [0.05, 0.1) is 5.69 Å². The van der Waals surface area contributed by atoms with Crippen LogP contribution in [0.4, 0.5) is 10.1 Å². The molecule has 0 bridgehead atoms. The maximum absolute atomic E-state index is 13.6. The van der Waals surface area contributed by atoms with Crippen molar-refractivity contribution < 1.29 is 9.18 Å². The molecule has 0 radical (unpaired) electrons. The van der Waals surface area contributed by atoms with E-state index in [0.29, 0.717) is 31.9 Å². The number of nitrogens with zero attached hydrogens (tertiary/aromatic N) is 2. The molecule has 1 saturated heterocycles. The number of carbonyl (C=O) groups is 1. The molecule has 0 N–H and O–H groups in total. The summed E-state index contributed by atoms with van der Waals surface area (Å²) in [6.07, 6.45) is 3.31. The molecule has 0 aliphatic carbocycles. The quantitative estimate of drug-likeness (QED) is 0.748. The number of benzene rings is 1. The molecule has 1 aromatic carbocycles. The van der Waals surface area contributed by atoms with E-state index in [-0.39, 0.29) is 11.7 Å². The van der Waals surface area contributed by atoms with E-state index in [2.05, 4.69) is 0 Å². The monoisotopic (exact) mass is 248 g/mol. The molecule has 0 aromatic heterocycles. The summed E-state index contributed by atoms with van der Waals surface area (Å²) in [6, 6.07) is 6.76. The lowest BCUT2D eigenvalue weighted by Gasteiger charge is -2.35. The van der Waals surface area contributed by atoms with Crippen LogP contribution in [-0.2, 0) is 4.79 Å². The van der Waals surface area contributed by atoms with E-state index in [1.54, 1.807) is 29.2 Å². The van der Waals surface area contributed by atoms with Gasteiger partial charge in [0.15, 0.2) is 0 Å². The summed E-state index contributed by atoms with van der Waals surface area (Å²) in [5.74, 6) is -0.170. The fourth-order valence-electron chi connectivity index (χ4n) is 2.12. The van der Waals surface area contributed by atoms with Crippen molar-refractivity contribution in [3.8, 4) is 0 Å². The van der Waals surface area contributed by atoms with Crippen molar-refractivity contribution in [3.63, 3.8) is 0 Å². The Balaban J connectivity index is 1.99.